The molecule has 28 heavy (non-hydrogen) atoms. The van der Waals surface area contributed by atoms with E-state index in [9.17, 15) is 10.2 Å². The van der Waals surface area contributed by atoms with E-state index in [0.29, 0.717) is 18.2 Å². The van der Waals surface area contributed by atoms with Gasteiger partial charge in [-0.05, 0) is 84.9 Å². The Bertz CT molecular complexity index is 816. The van der Waals surface area contributed by atoms with E-state index in [-0.39, 0.29) is 5.41 Å². The van der Waals surface area contributed by atoms with Crippen molar-refractivity contribution in [2.24, 2.45) is 11.3 Å². The predicted molar refractivity (Wildman–Crippen MR) is 114 cm³/mol. The molecule has 0 spiro atoms. The van der Waals surface area contributed by atoms with Gasteiger partial charge < -0.3 is 15.5 Å². The molecular weight excluding hydrogens is 348 g/mol. The predicted octanol–water partition coefficient (Wildman–Crippen LogP) is 3.98. The fraction of sp³-hybridized carbons (Fsp3) is 0.542. The number of phenols is 1. The highest BCUT2D eigenvalue weighted by Gasteiger charge is 2.33. The van der Waals surface area contributed by atoms with Gasteiger partial charge in [0.15, 0.2) is 0 Å². The van der Waals surface area contributed by atoms with Gasteiger partial charge in [0.25, 0.3) is 0 Å². The third-order valence-corrected chi connectivity index (χ3v) is 6.02. The van der Waals surface area contributed by atoms with Crippen molar-refractivity contribution in [2.45, 2.75) is 59.0 Å². The van der Waals surface area contributed by atoms with Gasteiger partial charge in [-0.1, -0.05) is 32.9 Å². The number of aliphatic hydroxyl groups is 1. The number of pyridine rings is 1. The number of aromatic hydroxyl groups is 1. The Hall–Kier alpha value is -1.91. The first-order valence-electron chi connectivity index (χ1n) is 10.4. The van der Waals surface area contributed by atoms with Crippen LogP contribution in [0.4, 0.5) is 0 Å². The Balaban J connectivity index is 2.00. The molecule has 1 aromatic carbocycles. The molecule has 2 atom stereocenters. The maximum Gasteiger partial charge on any atom is 0.119 e. The Morgan fingerprint density at radius 1 is 1.25 bits per heavy atom. The number of nitrogens with one attached hydrogen (secondary N) is 1. The number of aryl methyl sites for hydroxylation is 1. The highest BCUT2D eigenvalue weighted by molar-refractivity contribution is 5.47. The van der Waals surface area contributed by atoms with E-state index in [1.807, 2.05) is 25.4 Å². The number of aromatic nitrogens is 1. The maximum absolute atomic E-state index is 10.7. The Kier molecular flexibility index (Phi) is 6.41. The second kappa shape index (κ2) is 8.62. The number of phenolic OH excluding ortho intramolecular Hbond substituents is 1. The van der Waals surface area contributed by atoms with Crippen molar-refractivity contribution in [1.29, 1.82) is 0 Å². The van der Waals surface area contributed by atoms with E-state index >= 15 is 0 Å². The fourth-order valence-electron chi connectivity index (χ4n) is 4.88. The smallest absolute Gasteiger partial charge is 0.119 e. The van der Waals surface area contributed by atoms with Gasteiger partial charge in [-0.25, -0.2) is 0 Å². The molecule has 0 fully saturated rings. The van der Waals surface area contributed by atoms with Gasteiger partial charge in [0.2, 0.25) is 0 Å². The van der Waals surface area contributed by atoms with E-state index in [2.05, 4.69) is 37.1 Å². The molecule has 4 heteroatoms. The summed E-state index contributed by atoms with van der Waals surface area (Å²) in [5.74, 6) is 0.813. The van der Waals surface area contributed by atoms with Crippen molar-refractivity contribution in [3.8, 4) is 5.75 Å². The quantitative estimate of drug-likeness (QED) is 0.661. The van der Waals surface area contributed by atoms with Gasteiger partial charge in [0.05, 0.1) is 6.10 Å². The van der Waals surface area contributed by atoms with Crippen LogP contribution in [0.25, 0.3) is 0 Å². The number of benzene rings is 1. The molecule has 1 heterocycles. The van der Waals surface area contributed by atoms with Crippen LogP contribution in [0, 0.1) is 11.3 Å². The van der Waals surface area contributed by atoms with E-state index < -0.39 is 6.10 Å². The molecular formula is C24H34N2O2. The van der Waals surface area contributed by atoms with Crippen molar-refractivity contribution < 1.29 is 10.2 Å². The number of rotatable bonds is 6. The molecule has 0 radical (unpaired) electrons. The lowest BCUT2D eigenvalue weighted by Crippen LogP contribution is -2.20. The summed E-state index contributed by atoms with van der Waals surface area (Å²) in [5.41, 5.74) is 5.70. The van der Waals surface area contributed by atoms with Gasteiger partial charge in [0, 0.05) is 18.4 Å². The molecule has 0 aliphatic heterocycles. The van der Waals surface area contributed by atoms with Gasteiger partial charge >= 0.3 is 0 Å². The summed E-state index contributed by atoms with van der Waals surface area (Å²) in [4.78, 5) is 4.56. The molecule has 0 bridgehead atoms. The lowest BCUT2D eigenvalue weighted by molar-refractivity contribution is 0.176. The molecule has 0 saturated heterocycles. The zero-order chi connectivity index (χ0) is 20.3. The van der Waals surface area contributed by atoms with Gasteiger partial charge in [-0.3, -0.25) is 4.98 Å². The lowest BCUT2D eigenvalue weighted by Gasteiger charge is -2.27. The van der Waals surface area contributed by atoms with Crippen LogP contribution < -0.4 is 5.32 Å². The number of likely N-dealkylation sites (N-methyl/N-ethyl adjacent to an activating group) is 1. The van der Waals surface area contributed by atoms with Crippen LogP contribution in [0.1, 0.15) is 61.2 Å². The Labute approximate surface area is 169 Å². The van der Waals surface area contributed by atoms with E-state index in [4.69, 9.17) is 0 Å². The zero-order valence-electron chi connectivity index (χ0n) is 17.6. The fourth-order valence-corrected chi connectivity index (χ4v) is 4.88. The van der Waals surface area contributed by atoms with Crippen molar-refractivity contribution in [3.05, 3.63) is 58.4 Å². The van der Waals surface area contributed by atoms with Crippen LogP contribution >= 0.6 is 0 Å². The first-order chi connectivity index (χ1) is 13.3. The van der Waals surface area contributed by atoms with E-state index in [0.717, 1.165) is 48.8 Å². The van der Waals surface area contributed by atoms with E-state index in [1.165, 1.54) is 11.3 Å². The molecule has 4 nitrogen and oxygen atoms in total. The number of hydrogen-bond acceptors (Lipinski definition) is 4. The number of fused-ring (bicyclic) bond motifs is 1. The molecule has 0 saturated carbocycles. The summed E-state index contributed by atoms with van der Waals surface area (Å²) < 4.78 is 0. The van der Waals surface area contributed by atoms with Gasteiger partial charge in [-0.15, -0.1) is 0 Å². The van der Waals surface area contributed by atoms with Gasteiger partial charge in [-0.2, -0.15) is 0 Å². The Morgan fingerprint density at radius 3 is 2.75 bits per heavy atom. The molecule has 0 amide bonds. The SMILES string of the molecule is CCc1ncccc1C[C@H]1Cc2c([C@@H](O)CNC)ccc(O)c2CC(C)(C)C1. The summed E-state index contributed by atoms with van der Waals surface area (Å²) in [6.45, 7) is 7.24. The standard InChI is InChI=1S/C24H34N2O2/c1-5-21-17(7-6-10-26-21)11-16-12-19-18(23(28)15-25-4)8-9-22(27)20(19)14-24(2,3)13-16/h6-10,16,23,25,27-28H,5,11-15H2,1-4H3/t16-,23-/m0/s1. The average molecular weight is 383 g/mol. The average Bonchev–Trinajstić information content (AvgIpc) is 2.78. The molecule has 3 rings (SSSR count). The maximum atomic E-state index is 10.7. The summed E-state index contributed by atoms with van der Waals surface area (Å²) in [6, 6.07) is 7.87. The minimum Gasteiger partial charge on any atom is -0.508 e. The molecule has 3 N–H and O–H groups in total. The van der Waals surface area contributed by atoms with Crippen molar-refractivity contribution in [1.82, 2.24) is 10.3 Å². The molecule has 2 aromatic rings. The van der Waals surface area contributed by atoms with Crippen LogP contribution in [0.3, 0.4) is 0 Å². The minimum atomic E-state index is -0.564. The topological polar surface area (TPSA) is 65.4 Å². The summed E-state index contributed by atoms with van der Waals surface area (Å²) in [7, 11) is 1.85. The van der Waals surface area contributed by atoms with Crippen molar-refractivity contribution in [2.75, 3.05) is 13.6 Å². The van der Waals surface area contributed by atoms with Crippen LogP contribution in [0.15, 0.2) is 30.5 Å². The lowest BCUT2D eigenvalue weighted by atomic mass is 9.78. The van der Waals surface area contributed by atoms with Crippen LogP contribution in [0.2, 0.25) is 0 Å². The van der Waals surface area contributed by atoms with Crippen molar-refractivity contribution >= 4 is 0 Å². The zero-order valence-corrected chi connectivity index (χ0v) is 17.6. The highest BCUT2D eigenvalue weighted by Crippen LogP contribution is 2.43. The summed E-state index contributed by atoms with van der Waals surface area (Å²) >= 11 is 0. The van der Waals surface area contributed by atoms with Crippen LogP contribution in [-0.4, -0.2) is 28.8 Å². The summed E-state index contributed by atoms with van der Waals surface area (Å²) in [6.07, 6.45) is 6.03. The molecule has 1 aliphatic carbocycles. The minimum absolute atomic E-state index is 0.0918. The number of nitrogens with zero attached hydrogens (tertiary/aromatic N) is 1. The molecule has 1 aliphatic rings. The molecule has 152 valence electrons. The van der Waals surface area contributed by atoms with Gasteiger partial charge in [0.1, 0.15) is 5.75 Å². The van der Waals surface area contributed by atoms with Crippen LogP contribution in [-0.2, 0) is 25.7 Å². The second-order valence-electron chi connectivity index (χ2n) is 8.99. The van der Waals surface area contributed by atoms with Crippen LogP contribution in [0.5, 0.6) is 5.75 Å². The number of aliphatic hydroxyl groups excluding tert-OH is 1. The van der Waals surface area contributed by atoms with Crippen molar-refractivity contribution in [3.63, 3.8) is 0 Å². The number of hydrogen-bond donors (Lipinski definition) is 3. The Morgan fingerprint density at radius 2 is 2.04 bits per heavy atom. The third-order valence-electron chi connectivity index (χ3n) is 6.02. The van der Waals surface area contributed by atoms with E-state index in [1.54, 1.807) is 6.07 Å². The third kappa shape index (κ3) is 4.56. The first kappa shape index (κ1) is 20.8. The molecule has 1 aromatic heterocycles. The second-order valence-corrected chi connectivity index (χ2v) is 8.99. The summed E-state index contributed by atoms with van der Waals surface area (Å²) in [5, 5.41) is 24.4. The highest BCUT2D eigenvalue weighted by atomic mass is 16.3. The monoisotopic (exact) mass is 382 g/mol. The largest absolute Gasteiger partial charge is 0.508 e. The first-order valence-corrected chi connectivity index (χ1v) is 10.4. The normalized spacial score (nSPS) is 19.7. The molecule has 0 unspecified atom stereocenters.